The lowest BCUT2D eigenvalue weighted by Gasteiger charge is -2.56. The van der Waals surface area contributed by atoms with Gasteiger partial charge in [0.15, 0.2) is 5.79 Å². The third kappa shape index (κ3) is 3.36. The number of aliphatic hydroxyl groups excluding tert-OH is 3. The molecule has 3 aliphatic carbocycles. The molecule has 0 radical (unpaired) electrons. The van der Waals surface area contributed by atoms with Crippen molar-refractivity contribution in [3.05, 3.63) is 0 Å². The molecular formula is C27H46O5. The number of rotatable bonds is 3. The van der Waals surface area contributed by atoms with Gasteiger partial charge in [0.1, 0.15) is 0 Å². The summed E-state index contributed by atoms with van der Waals surface area (Å²) in [6.07, 6.45) is 8.13. The van der Waals surface area contributed by atoms with Crippen LogP contribution in [0.3, 0.4) is 0 Å². The largest absolute Gasteiger partial charge is 0.396 e. The number of fused-ring (bicyclic) bond motifs is 2. The minimum absolute atomic E-state index is 0.0578. The summed E-state index contributed by atoms with van der Waals surface area (Å²) in [5, 5.41) is 32.1. The second-order valence-electron chi connectivity index (χ2n) is 12.9. The first-order chi connectivity index (χ1) is 15.1. The van der Waals surface area contributed by atoms with E-state index in [1.165, 1.54) is 0 Å². The van der Waals surface area contributed by atoms with Gasteiger partial charge in [0.05, 0.1) is 24.9 Å². The van der Waals surface area contributed by atoms with E-state index in [1.807, 2.05) is 0 Å². The van der Waals surface area contributed by atoms with E-state index < -0.39 is 5.79 Å². The van der Waals surface area contributed by atoms with Crippen LogP contribution in [0.1, 0.15) is 85.5 Å². The van der Waals surface area contributed by atoms with E-state index in [0.717, 1.165) is 64.4 Å². The first kappa shape index (κ1) is 23.5. The molecule has 0 aromatic carbocycles. The standard InChI is InChI=1S/C27H46O5/c1-16-7-10-27(31-15-16)17(2)23-22(32-27)14-21(26(23,4)11-12-28)20-6-5-18-13-19(29)8-9-25(18,3)24(20)30/h16-24,28-30H,5-15H2,1-4H3/t16-,17+,18+,19+,20+,21+,22+,23+,24+,25+,26+,27-/m1/s1. The molecule has 184 valence electrons. The van der Waals surface area contributed by atoms with Gasteiger partial charge in [0.25, 0.3) is 0 Å². The Labute approximate surface area is 194 Å². The van der Waals surface area contributed by atoms with E-state index in [-0.39, 0.29) is 41.7 Å². The summed E-state index contributed by atoms with van der Waals surface area (Å²) in [5.74, 6) is 1.81. The molecule has 5 heteroatoms. The van der Waals surface area contributed by atoms with Crippen LogP contribution in [0.5, 0.6) is 0 Å². The highest BCUT2D eigenvalue weighted by Crippen LogP contribution is 2.66. The van der Waals surface area contributed by atoms with Crippen molar-refractivity contribution in [3.8, 4) is 0 Å². The molecule has 0 bridgehead atoms. The van der Waals surface area contributed by atoms with E-state index in [9.17, 15) is 15.3 Å². The van der Waals surface area contributed by atoms with Crippen molar-refractivity contribution in [1.82, 2.24) is 0 Å². The Morgan fingerprint density at radius 3 is 2.44 bits per heavy atom. The van der Waals surface area contributed by atoms with Crippen LogP contribution in [0.2, 0.25) is 0 Å². The number of hydrogen-bond acceptors (Lipinski definition) is 5. The summed E-state index contributed by atoms with van der Waals surface area (Å²) < 4.78 is 13.2. The lowest BCUT2D eigenvalue weighted by molar-refractivity contribution is -0.272. The van der Waals surface area contributed by atoms with Crippen molar-refractivity contribution in [3.63, 3.8) is 0 Å². The molecule has 2 aliphatic heterocycles. The summed E-state index contributed by atoms with van der Waals surface area (Å²) in [4.78, 5) is 0. The summed E-state index contributed by atoms with van der Waals surface area (Å²) in [6, 6.07) is 0. The van der Waals surface area contributed by atoms with Gasteiger partial charge in [-0.2, -0.15) is 0 Å². The molecular weight excluding hydrogens is 404 g/mol. The summed E-state index contributed by atoms with van der Waals surface area (Å²) >= 11 is 0. The monoisotopic (exact) mass is 450 g/mol. The molecule has 3 saturated carbocycles. The topological polar surface area (TPSA) is 79.2 Å². The molecule has 5 aliphatic rings. The maximum Gasteiger partial charge on any atom is 0.171 e. The summed E-state index contributed by atoms with van der Waals surface area (Å²) in [5.41, 5.74) is -0.159. The van der Waals surface area contributed by atoms with Crippen LogP contribution < -0.4 is 0 Å². The molecule has 5 nitrogen and oxygen atoms in total. The van der Waals surface area contributed by atoms with Gasteiger partial charge in [0.2, 0.25) is 0 Å². The third-order valence-electron chi connectivity index (χ3n) is 11.3. The molecule has 12 atom stereocenters. The number of aliphatic hydroxyl groups is 3. The smallest absolute Gasteiger partial charge is 0.171 e. The number of hydrogen-bond donors (Lipinski definition) is 3. The van der Waals surface area contributed by atoms with Crippen molar-refractivity contribution in [2.75, 3.05) is 13.2 Å². The van der Waals surface area contributed by atoms with Crippen LogP contribution >= 0.6 is 0 Å². The molecule has 3 N–H and O–H groups in total. The first-order valence-electron chi connectivity index (χ1n) is 13.4. The SMILES string of the molecule is C[C@@H]1CC[C@@]2(OC1)O[C@H]1C[C@@H]([C@@H]3CC[C@H]4C[C@@H](O)CC[C@]4(C)[C@H]3O)[C@](C)(CCO)[C@H]1[C@@H]2C. The lowest BCUT2D eigenvalue weighted by Crippen LogP contribution is -2.55. The second kappa shape index (κ2) is 8.19. The molecule has 32 heavy (non-hydrogen) atoms. The minimum atomic E-state index is -0.453. The quantitative estimate of drug-likeness (QED) is 0.603. The van der Waals surface area contributed by atoms with Crippen molar-refractivity contribution >= 4 is 0 Å². The highest BCUT2D eigenvalue weighted by molar-refractivity contribution is 5.13. The maximum atomic E-state index is 11.8. The zero-order chi connectivity index (χ0) is 22.9. The van der Waals surface area contributed by atoms with E-state index in [0.29, 0.717) is 29.6 Å². The summed E-state index contributed by atoms with van der Waals surface area (Å²) in [6.45, 7) is 10.2. The fraction of sp³-hybridized carbons (Fsp3) is 1.00. The van der Waals surface area contributed by atoms with E-state index in [4.69, 9.17) is 9.47 Å². The zero-order valence-corrected chi connectivity index (χ0v) is 20.6. The van der Waals surface area contributed by atoms with Gasteiger partial charge < -0.3 is 24.8 Å². The Morgan fingerprint density at radius 1 is 0.969 bits per heavy atom. The van der Waals surface area contributed by atoms with Crippen molar-refractivity contribution < 1.29 is 24.8 Å². The van der Waals surface area contributed by atoms with Gasteiger partial charge >= 0.3 is 0 Å². The molecule has 5 rings (SSSR count). The van der Waals surface area contributed by atoms with Gasteiger partial charge in [0, 0.05) is 18.9 Å². The lowest BCUT2D eigenvalue weighted by atomic mass is 9.51. The van der Waals surface area contributed by atoms with E-state index in [2.05, 4.69) is 27.7 Å². The fourth-order valence-electron chi connectivity index (χ4n) is 9.28. The molecule has 0 unspecified atom stereocenters. The van der Waals surface area contributed by atoms with Crippen molar-refractivity contribution in [2.45, 2.75) is 110 Å². The minimum Gasteiger partial charge on any atom is -0.396 e. The van der Waals surface area contributed by atoms with Gasteiger partial charge in [-0.25, -0.2) is 0 Å². The van der Waals surface area contributed by atoms with Crippen molar-refractivity contribution in [1.29, 1.82) is 0 Å². The predicted molar refractivity (Wildman–Crippen MR) is 123 cm³/mol. The summed E-state index contributed by atoms with van der Waals surface area (Å²) in [7, 11) is 0. The van der Waals surface area contributed by atoms with E-state index in [1.54, 1.807) is 0 Å². The molecule has 1 spiro atoms. The first-order valence-corrected chi connectivity index (χ1v) is 13.4. The third-order valence-corrected chi connectivity index (χ3v) is 11.3. The highest BCUT2D eigenvalue weighted by Gasteiger charge is 2.67. The second-order valence-corrected chi connectivity index (χ2v) is 12.9. The van der Waals surface area contributed by atoms with Crippen LogP contribution in [-0.4, -0.2) is 52.6 Å². The van der Waals surface area contributed by atoms with Crippen LogP contribution in [0.25, 0.3) is 0 Å². The Hall–Kier alpha value is -0.200. The van der Waals surface area contributed by atoms with Gasteiger partial charge in [-0.05, 0) is 91.8 Å². The maximum absolute atomic E-state index is 11.8. The molecule has 2 heterocycles. The Balaban J connectivity index is 1.40. The van der Waals surface area contributed by atoms with Gasteiger partial charge in [-0.15, -0.1) is 0 Å². The molecule has 2 saturated heterocycles. The van der Waals surface area contributed by atoms with E-state index >= 15 is 0 Å². The molecule has 0 amide bonds. The normalized spacial score (nSPS) is 58.0. The van der Waals surface area contributed by atoms with Gasteiger partial charge in [-0.1, -0.05) is 27.7 Å². The van der Waals surface area contributed by atoms with Crippen LogP contribution in [-0.2, 0) is 9.47 Å². The predicted octanol–water partition coefficient (Wildman–Crippen LogP) is 4.13. The number of ether oxygens (including phenoxy) is 2. The average Bonchev–Trinajstić information content (AvgIpc) is 3.18. The van der Waals surface area contributed by atoms with Gasteiger partial charge in [-0.3, -0.25) is 0 Å². The Morgan fingerprint density at radius 2 is 1.75 bits per heavy atom. The molecule has 0 aromatic rings. The molecule has 0 aromatic heterocycles. The van der Waals surface area contributed by atoms with Crippen LogP contribution in [0.4, 0.5) is 0 Å². The van der Waals surface area contributed by atoms with Crippen LogP contribution in [0.15, 0.2) is 0 Å². The Bertz CT molecular complexity index is 690. The fourth-order valence-corrected chi connectivity index (χ4v) is 9.28. The van der Waals surface area contributed by atoms with Crippen LogP contribution in [0, 0.1) is 46.3 Å². The highest BCUT2D eigenvalue weighted by atomic mass is 16.7. The zero-order valence-electron chi connectivity index (χ0n) is 20.6. The van der Waals surface area contributed by atoms with Crippen molar-refractivity contribution in [2.24, 2.45) is 46.3 Å². The Kier molecular flexibility index (Phi) is 6.02. The molecule has 5 fully saturated rings. The average molecular weight is 451 g/mol.